The monoisotopic (exact) mass is 850 g/mol. The summed E-state index contributed by atoms with van der Waals surface area (Å²) in [5.74, 6) is 0.444. The molecule has 2 aromatic heterocycles. The quantitative estimate of drug-likeness (QED) is 0.133. The van der Waals surface area contributed by atoms with E-state index in [1.165, 1.54) is 11.1 Å². The van der Waals surface area contributed by atoms with Gasteiger partial charge in [-0.05, 0) is 160 Å². The number of aromatic nitrogens is 3. The molecule has 0 unspecified atom stereocenters. The van der Waals surface area contributed by atoms with E-state index in [4.69, 9.17) is 14.1 Å². The molecule has 8 aromatic rings. The van der Waals surface area contributed by atoms with Gasteiger partial charge in [-0.1, -0.05) is 147 Å². The number of phenols is 1. The van der Waals surface area contributed by atoms with E-state index in [0.717, 1.165) is 75.9 Å². The molecule has 0 saturated heterocycles. The maximum Gasteiger partial charge on any atom is 0.149 e. The summed E-state index contributed by atoms with van der Waals surface area (Å²) < 4.78 is 53.0. The van der Waals surface area contributed by atoms with Crippen molar-refractivity contribution in [3.05, 3.63) is 167 Å². The van der Waals surface area contributed by atoms with Crippen LogP contribution in [0.25, 0.3) is 72.7 Å². The first-order valence-electron chi connectivity index (χ1n) is 25.9. The summed E-state index contributed by atoms with van der Waals surface area (Å²) >= 11 is 0. The van der Waals surface area contributed by atoms with E-state index >= 15 is 0 Å². The Morgan fingerprint density at radius 2 is 1.22 bits per heavy atom. The molecular formula is C60H65N3O. The average Bonchev–Trinajstić information content (AvgIpc) is 3.74. The van der Waals surface area contributed by atoms with Crippen LogP contribution < -0.4 is 0 Å². The number of aromatic hydroxyl groups is 1. The topological polar surface area (TPSA) is 50.9 Å². The van der Waals surface area contributed by atoms with E-state index in [1.807, 2.05) is 71.3 Å². The lowest BCUT2D eigenvalue weighted by Crippen LogP contribution is -2.25. The molecule has 0 aliphatic heterocycles. The van der Waals surface area contributed by atoms with Crippen molar-refractivity contribution < 1.29 is 13.3 Å². The third kappa shape index (κ3) is 8.08. The van der Waals surface area contributed by atoms with Gasteiger partial charge in [0.25, 0.3) is 0 Å². The summed E-state index contributed by atoms with van der Waals surface area (Å²) in [7, 11) is 0. The fourth-order valence-electron chi connectivity index (χ4n) is 9.23. The van der Waals surface area contributed by atoms with Crippen LogP contribution in [0, 0.1) is 13.7 Å². The van der Waals surface area contributed by atoms with Crippen molar-refractivity contribution in [2.24, 2.45) is 0 Å². The van der Waals surface area contributed by atoms with Gasteiger partial charge >= 0.3 is 0 Å². The Kier molecular flexibility index (Phi) is 10.1. The van der Waals surface area contributed by atoms with Crippen LogP contribution in [-0.4, -0.2) is 19.6 Å². The molecule has 2 heterocycles. The third-order valence-corrected chi connectivity index (χ3v) is 14.2. The van der Waals surface area contributed by atoms with Crippen molar-refractivity contribution in [2.45, 2.75) is 118 Å². The van der Waals surface area contributed by atoms with Gasteiger partial charge < -0.3 is 5.11 Å². The van der Waals surface area contributed by atoms with Crippen molar-refractivity contribution >= 4 is 11.0 Å². The minimum atomic E-state index is -2.53. The SMILES string of the molecule is [2H]C([2H])([2H])c1ccc(-c2ccnc(-c3cc(-c4cccc5c4nc(-c4ccccc4O)n5-c4ccc(-c5c(C(C)(CC)CC)cccc5C(C)(CC)CC)cc4C([2H])([2H])[2H])cc(C(C)(C)C)c3)c2)cc1. The molecule has 0 saturated carbocycles. The second-order valence-corrected chi connectivity index (χ2v) is 19.0. The third-order valence-electron chi connectivity index (χ3n) is 14.2. The molecule has 0 aliphatic rings. The van der Waals surface area contributed by atoms with Gasteiger partial charge in [-0.3, -0.25) is 9.55 Å². The van der Waals surface area contributed by atoms with Crippen molar-refractivity contribution in [1.29, 1.82) is 0 Å². The van der Waals surface area contributed by atoms with E-state index in [2.05, 4.69) is 105 Å². The maximum absolute atomic E-state index is 11.5. The minimum Gasteiger partial charge on any atom is -0.507 e. The lowest BCUT2D eigenvalue weighted by molar-refractivity contribution is 0.426. The Bertz CT molecular complexity index is 3170. The molecule has 0 bridgehead atoms. The number of phenolic OH excluding ortho intramolecular Hbond substituents is 1. The number of hydrogen-bond donors (Lipinski definition) is 1. The number of pyridine rings is 1. The highest BCUT2D eigenvalue weighted by Gasteiger charge is 2.33. The van der Waals surface area contributed by atoms with Crippen LogP contribution in [0.5, 0.6) is 5.75 Å². The van der Waals surface area contributed by atoms with Gasteiger partial charge in [-0.2, -0.15) is 0 Å². The van der Waals surface area contributed by atoms with Crippen molar-refractivity contribution in [3.63, 3.8) is 0 Å². The van der Waals surface area contributed by atoms with Crippen molar-refractivity contribution in [2.75, 3.05) is 0 Å². The van der Waals surface area contributed by atoms with E-state index < -0.39 is 13.7 Å². The zero-order valence-corrected chi connectivity index (χ0v) is 38.9. The smallest absolute Gasteiger partial charge is 0.149 e. The molecule has 64 heavy (non-hydrogen) atoms. The lowest BCUT2D eigenvalue weighted by Gasteiger charge is -2.36. The zero-order chi connectivity index (χ0) is 50.6. The first-order chi connectivity index (χ1) is 33.0. The minimum absolute atomic E-state index is 0.0269. The van der Waals surface area contributed by atoms with Gasteiger partial charge in [0.05, 0.1) is 28.0 Å². The van der Waals surface area contributed by atoms with Gasteiger partial charge in [0.2, 0.25) is 0 Å². The van der Waals surface area contributed by atoms with Gasteiger partial charge in [0, 0.05) is 25.5 Å². The molecule has 326 valence electrons. The van der Waals surface area contributed by atoms with Crippen molar-refractivity contribution in [3.8, 4) is 67.5 Å². The molecule has 0 fully saturated rings. The molecule has 6 aromatic carbocycles. The lowest BCUT2D eigenvalue weighted by atomic mass is 9.68. The highest BCUT2D eigenvalue weighted by Crippen LogP contribution is 2.47. The second kappa shape index (κ2) is 17.4. The van der Waals surface area contributed by atoms with Crippen LogP contribution in [0.3, 0.4) is 0 Å². The molecule has 4 heteroatoms. The number of nitrogens with zero attached hydrogens (tertiary/aromatic N) is 3. The van der Waals surface area contributed by atoms with Gasteiger partial charge in [0.15, 0.2) is 0 Å². The predicted molar refractivity (Wildman–Crippen MR) is 272 cm³/mol. The van der Waals surface area contributed by atoms with Crippen LogP contribution >= 0.6 is 0 Å². The number of benzene rings is 6. The van der Waals surface area contributed by atoms with Gasteiger partial charge in [0.1, 0.15) is 11.6 Å². The standard InChI is InChI=1S/C60H65N3O/c1-12-59(10,13-2)49-22-19-23-50(60(11,14-3)15-4)55(49)43-30-31-52(40(6)34-43)63-53-24-18-21-47(56(53)62-57(63)48-20-16-17-25-54(48)64)44-35-45(37-46(36-44)58(7,8)9)51-38-42(32-33-61-51)41-28-26-39(5)27-29-41/h16-38,64H,12-15H2,1-11H3/i5D3,6D3. The van der Waals surface area contributed by atoms with Crippen LogP contribution in [0.2, 0.25) is 0 Å². The Morgan fingerprint density at radius 1 is 0.578 bits per heavy atom. The summed E-state index contributed by atoms with van der Waals surface area (Å²) in [5, 5.41) is 11.5. The molecule has 0 radical (unpaired) electrons. The van der Waals surface area contributed by atoms with Crippen LogP contribution in [-0.2, 0) is 16.2 Å². The van der Waals surface area contributed by atoms with Crippen molar-refractivity contribution in [1.82, 2.24) is 14.5 Å². The normalized spacial score (nSPS) is 14.1. The molecule has 8 rings (SSSR count). The number of aryl methyl sites for hydroxylation is 2. The molecular weight excluding hydrogens is 779 g/mol. The van der Waals surface area contributed by atoms with Crippen LogP contribution in [0.4, 0.5) is 0 Å². The maximum atomic E-state index is 11.5. The van der Waals surface area contributed by atoms with Crippen LogP contribution in [0.1, 0.15) is 124 Å². The fourth-order valence-corrected chi connectivity index (χ4v) is 9.23. The number of fused-ring (bicyclic) bond motifs is 1. The number of rotatable bonds is 12. The first kappa shape index (κ1) is 37.1. The van der Waals surface area contributed by atoms with E-state index in [-0.39, 0.29) is 33.1 Å². The number of para-hydroxylation sites is 2. The Hall–Kier alpha value is -6.26. The summed E-state index contributed by atoms with van der Waals surface area (Å²) in [6.45, 7) is 15.4. The summed E-state index contributed by atoms with van der Waals surface area (Å²) in [4.78, 5) is 10.2. The molecule has 1 N–H and O–H groups in total. The molecule has 0 atom stereocenters. The Labute approximate surface area is 390 Å². The summed E-state index contributed by atoms with van der Waals surface area (Å²) in [6, 6.07) is 43.0. The number of hydrogen-bond acceptors (Lipinski definition) is 3. The highest BCUT2D eigenvalue weighted by molar-refractivity contribution is 5.97. The van der Waals surface area contributed by atoms with E-state index in [1.54, 1.807) is 30.5 Å². The number of imidazole rings is 1. The van der Waals surface area contributed by atoms with Gasteiger partial charge in [-0.15, -0.1) is 0 Å². The van der Waals surface area contributed by atoms with Crippen LogP contribution in [0.15, 0.2) is 140 Å². The molecule has 0 spiro atoms. The van der Waals surface area contributed by atoms with E-state index in [0.29, 0.717) is 28.1 Å². The zero-order valence-electron chi connectivity index (χ0n) is 44.9. The average molecular weight is 850 g/mol. The summed E-state index contributed by atoms with van der Waals surface area (Å²) in [6.07, 6.45) is 5.50. The Balaban J connectivity index is 1.38. The van der Waals surface area contributed by atoms with E-state index in [9.17, 15) is 9.22 Å². The molecule has 0 aliphatic carbocycles. The molecule has 0 amide bonds. The van der Waals surface area contributed by atoms with Gasteiger partial charge in [-0.25, -0.2) is 4.98 Å². The highest BCUT2D eigenvalue weighted by atomic mass is 16.3. The fraction of sp³-hybridized carbons (Fsp3) is 0.300. The summed E-state index contributed by atoms with van der Waals surface area (Å²) in [5.41, 5.74) is 12.9. The largest absolute Gasteiger partial charge is 0.507 e. The first-order valence-corrected chi connectivity index (χ1v) is 22.9. The molecule has 4 nitrogen and oxygen atoms in total. The second-order valence-electron chi connectivity index (χ2n) is 19.0. The predicted octanol–water partition coefficient (Wildman–Crippen LogP) is 16.5. The Morgan fingerprint density at radius 3 is 1.86 bits per heavy atom.